The summed E-state index contributed by atoms with van der Waals surface area (Å²) in [4.78, 5) is 0. The van der Waals surface area contributed by atoms with Crippen LogP contribution >= 0.6 is 0 Å². The maximum Gasteiger partial charge on any atom is 0.0781 e. The van der Waals surface area contributed by atoms with Crippen LogP contribution in [0.15, 0.2) is 0 Å². The average molecular weight is 208 g/mol. The molecule has 2 N–H and O–H groups in total. The quantitative estimate of drug-likeness (QED) is 0.678. The monoisotopic (exact) mass is 208 g/mol. The molecule has 0 amide bonds. The molecule has 4 nitrogen and oxygen atoms in total. The van der Waals surface area contributed by atoms with Gasteiger partial charge in [0, 0.05) is 13.7 Å². The van der Waals surface area contributed by atoms with Gasteiger partial charge in [-0.3, -0.25) is 0 Å². The highest BCUT2D eigenvalue weighted by molar-refractivity contribution is 4.48. The fourth-order valence-corrected chi connectivity index (χ4v) is 0.586. The lowest BCUT2D eigenvalue weighted by Gasteiger charge is -2.12. The van der Waals surface area contributed by atoms with E-state index in [0.29, 0.717) is 19.8 Å². The van der Waals surface area contributed by atoms with Crippen molar-refractivity contribution < 1.29 is 19.7 Å². The van der Waals surface area contributed by atoms with E-state index in [9.17, 15) is 0 Å². The molecule has 0 aromatic carbocycles. The van der Waals surface area contributed by atoms with Crippen LogP contribution in [0.5, 0.6) is 0 Å². The van der Waals surface area contributed by atoms with Gasteiger partial charge in [0.05, 0.1) is 25.4 Å². The summed E-state index contributed by atoms with van der Waals surface area (Å²) in [6, 6.07) is 0. The summed E-state index contributed by atoms with van der Waals surface area (Å²) in [5, 5.41) is 16.7. The predicted molar refractivity (Wildman–Crippen MR) is 56.3 cm³/mol. The van der Waals surface area contributed by atoms with Crippen molar-refractivity contribution in [1.82, 2.24) is 0 Å². The van der Waals surface area contributed by atoms with Crippen LogP contribution in [0.4, 0.5) is 0 Å². The third-order valence-electron chi connectivity index (χ3n) is 1.25. The van der Waals surface area contributed by atoms with Gasteiger partial charge in [-0.1, -0.05) is 6.92 Å². The van der Waals surface area contributed by atoms with Gasteiger partial charge in [0.15, 0.2) is 0 Å². The highest BCUT2D eigenvalue weighted by atomic mass is 16.5. The largest absolute Gasteiger partial charge is 0.396 e. The van der Waals surface area contributed by atoms with Crippen LogP contribution in [0.2, 0.25) is 0 Å². The van der Waals surface area contributed by atoms with Crippen molar-refractivity contribution in [2.45, 2.75) is 39.4 Å². The van der Waals surface area contributed by atoms with Gasteiger partial charge in [-0.05, 0) is 20.3 Å². The number of hydrogen-bond acceptors (Lipinski definition) is 4. The summed E-state index contributed by atoms with van der Waals surface area (Å²) in [6.45, 7) is 6.81. The minimum atomic E-state index is -0.390. The van der Waals surface area contributed by atoms with E-state index < -0.39 is 0 Å². The van der Waals surface area contributed by atoms with Gasteiger partial charge < -0.3 is 19.7 Å². The number of rotatable bonds is 6. The van der Waals surface area contributed by atoms with E-state index in [2.05, 4.69) is 0 Å². The Morgan fingerprint density at radius 3 is 2.00 bits per heavy atom. The van der Waals surface area contributed by atoms with Crippen molar-refractivity contribution in [3.05, 3.63) is 0 Å². The van der Waals surface area contributed by atoms with Gasteiger partial charge in [-0.2, -0.15) is 0 Å². The zero-order valence-electron chi connectivity index (χ0n) is 9.69. The minimum Gasteiger partial charge on any atom is -0.396 e. The van der Waals surface area contributed by atoms with Gasteiger partial charge >= 0.3 is 0 Å². The molecule has 0 spiro atoms. The molecule has 0 fully saturated rings. The number of hydrogen-bond donors (Lipinski definition) is 2. The molecule has 14 heavy (non-hydrogen) atoms. The Balaban J connectivity index is 0. The van der Waals surface area contributed by atoms with E-state index in [1.807, 2.05) is 13.8 Å². The average Bonchev–Trinajstić information content (AvgIpc) is 2.16. The van der Waals surface area contributed by atoms with Crippen molar-refractivity contribution in [2.75, 3.05) is 26.9 Å². The second-order valence-electron chi connectivity index (χ2n) is 3.17. The Bertz CT molecular complexity index is 94.1. The summed E-state index contributed by atoms with van der Waals surface area (Å²) >= 11 is 0. The van der Waals surface area contributed by atoms with Crippen molar-refractivity contribution in [2.24, 2.45) is 0 Å². The molecule has 0 bridgehead atoms. The molecule has 88 valence electrons. The van der Waals surface area contributed by atoms with Crippen LogP contribution in [0.25, 0.3) is 0 Å². The summed E-state index contributed by atoms with van der Waals surface area (Å²) in [5.41, 5.74) is 0. The first-order chi connectivity index (χ1) is 6.58. The molecule has 0 aliphatic heterocycles. The van der Waals surface area contributed by atoms with Crippen molar-refractivity contribution in [3.63, 3.8) is 0 Å². The van der Waals surface area contributed by atoms with Gasteiger partial charge in [-0.25, -0.2) is 0 Å². The second-order valence-corrected chi connectivity index (χ2v) is 3.17. The Hall–Kier alpha value is -0.160. The molecule has 0 aromatic heterocycles. The number of aliphatic hydroxyl groups is 2. The van der Waals surface area contributed by atoms with Crippen LogP contribution in [0.1, 0.15) is 27.2 Å². The van der Waals surface area contributed by atoms with Gasteiger partial charge in [0.1, 0.15) is 0 Å². The van der Waals surface area contributed by atoms with Crippen LogP contribution in [0.3, 0.4) is 0 Å². The Kier molecular flexibility index (Phi) is 14.9. The van der Waals surface area contributed by atoms with Gasteiger partial charge in [0.2, 0.25) is 0 Å². The highest BCUT2D eigenvalue weighted by Crippen LogP contribution is 1.92. The second kappa shape index (κ2) is 12.8. The minimum absolute atomic E-state index is 0.0691. The maximum atomic E-state index is 8.80. The molecular weight excluding hydrogens is 184 g/mol. The smallest absolute Gasteiger partial charge is 0.0781 e. The first-order valence-corrected chi connectivity index (χ1v) is 4.97. The fourth-order valence-electron chi connectivity index (χ4n) is 0.586. The molecule has 0 rings (SSSR count). The first-order valence-electron chi connectivity index (χ1n) is 4.97. The molecule has 0 radical (unpaired) electrons. The lowest BCUT2D eigenvalue weighted by Crippen LogP contribution is -2.20. The van der Waals surface area contributed by atoms with Gasteiger partial charge in [-0.15, -0.1) is 0 Å². The zero-order valence-corrected chi connectivity index (χ0v) is 9.69. The van der Waals surface area contributed by atoms with Crippen molar-refractivity contribution in [3.8, 4) is 0 Å². The molecule has 0 saturated carbocycles. The van der Waals surface area contributed by atoms with Crippen LogP contribution < -0.4 is 0 Å². The fraction of sp³-hybridized carbons (Fsp3) is 1.00. The molecule has 2 atom stereocenters. The molecular formula is C10H24O4. The maximum absolute atomic E-state index is 8.80. The lowest BCUT2D eigenvalue weighted by atomic mass is 10.4. The van der Waals surface area contributed by atoms with E-state index in [1.54, 1.807) is 14.0 Å². The Labute approximate surface area is 86.8 Å². The summed E-state index contributed by atoms with van der Waals surface area (Å²) < 4.78 is 10.00. The van der Waals surface area contributed by atoms with Crippen LogP contribution in [-0.2, 0) is 9.47 Å². The van der Waals surface area contributed by atoms with E-state index in [4.69, 9.17) is 19.7 Å². The SMILES string of the molecule is CCCO.COCC(C)OCC(C)O. The van der Waals surface area contributed by atoms with Crippen molar-refractivity contribution >= 4 is 0 Å². The van der Waals surface area contributed by atoms with Crippen molar-refractivity contribution in [1.29, 1.82) is 0 Å². The first kappa shape index (κ1) is 16.3. The summed E-state index contributed by atoms with van der Waals surface area (Å²) in [7, 11) is 1.63. The Morgan fingerprint density at radius 1 is 1.21 bits per heavy atom. The molecule has 0 aromatic rings. The number of methoxy groups -OCH3 is 1. The number of aliphatic hydroxyl groups excluding tert-OH is 2. The molecule has 4 heteroatoms. The normalized spacial score (nSPS) is 14.1. The Morgan fingerprint density at radius 2 is 1.71 bits per heavy atom. The molecule has 0 aliphatic carbocycles. The molecule has 0 aliphatic rings. The predicted octanol–water partition coefficient (Wildman–Crippen LogP) is 0.807. The third-order valence-corrected chi connectivity index (χ3v) is 1.25. The molecule has 0 heterocycles. The third kappa shape index (κ3) is 17.8. The molecule has 0 saturated heterocycles. The summed E-state index contributed by atoms with van der Waals surface area (Å²) in [5.74, 6) is 0. The standard InChI is InChI=1S/C7H16O3.C3H8O/c1-6(8)4-10-7(2)5-9-3;1-2-3-4/h6-8H,4-5H2,1-3H3;4H,2-3H2,1H3. The van der Waals surface area contributed by atoms with Gasteiger partial charge in [0.25, 0.3) is 0 Å². The highest BCUT2D eigenvalue weighted by Gasteiger charge is 2.02. The molecule has 2 unspecified atom stereocenters. The van der Waals surface area contributed by atoms with E-state index in [-0.39, 0.29) is 12.2 Å². The number of ether oxygens (including phenoxy) is 2. The topological polar surface area (TPSA) is 58.9 Å². The van der Waals surface area contributed by atoms with Crippen LogP contribution in [0, 0.1) is 0 Å². The zero-order chi connectivity index (χ0) is 11.4. The summed E-state index contributed by atoms with van der Waals surface area (Å²) in [6.07, 6.45) is 0.555. The van der Waals surface area contributed by atoms with E-state index >= 15 is 0 Å². The lowest BCUT2D eigenvalue weighted by molar-refractivity contribution is -0.0268. The van der Waals surface area contributed by atoms with E-state index in [0.717, 1.165) is 6.42 Å². The van der Waals surface area contributed by atoms with E-state index in [1.165, 1.54) is 0 Å². The van der Waals surface area contributed by atoms with Crippen LogP contribution in [-0.4, -0.2) is 49.4 Å².